The van der Waals surface area contributed by atoms with E-state index in [0.717, 1.165) is 35.3 Å². The number of aryl methyl sites for hydroxylation is 1. The van der Waals surface area contributed by atoms with Crippen molar-refractivity contribution in [2.45, 2.75) is 39.5 Å². The molecule has 1 aliphatic carbocycles. The summed E-state index contributed by atoms with van der Waals surface area (Å²) in [6, 6.07) is 6.25. The van der Waals surface area contributed by atoms with Crippen molar-refractivity contribution in [3.63, 3.8) is 0 Å². The van der Waals surface area contributed by atoms with Crippen LogP contribution in [0.4, 0.5) is 11.4 Å². The molecule has 1 aromatic rings. The Morgan fingerprint density at radius 1 is 1.35 bits per heavy atom. The second kappa shape index (κ2) is 5.44. The third kappa shape index (κ3) is 3.39. The highest BCUT2D eigenvalue weighted by molar-refractivity contribution is 5.58. The van der Waals surface area contributed by atoms with Gasteiger partial charge in [-0.3, -0.25) is 0 Å². The minimum Gasteiger partial charge on any atom is -0.398 e. The van der Waals surface area contributed by atoms with Gasteiger partial charge in [-0.25, -0.2) is 0 Å². The van der Waals surface area contributed by atoms with Gasteiger partial charge in [-0.2, -0.15) is 0 Å². The molecule has 17 heavy (non-hydrogen) atoms. The SMILES string of the molecule is Cc1ccc(NCC2CCCC(C)C2)cc1N. The predicted molar refractivity (Wildman–Crippen MR) is 75.2 cm³/mol. The zero-order valence-electron chi connectivity index (χ0n) is 11.0. The summed E-state index contributed by atoms with van der Waals surface area (Å²) in [5, 5.41) is 3.52. The number of nitrogens with two attached hydrogens (primary N) is 1. The highest BCUT2D eigenvalue weighted by Crippen LogP contribution is 2.29. The van der Waals surface area contributed by atoms with Crippen molar-refractivity contribution in [2.24, 2.45) is 11.8 Å². The molecule has 1 fully saturated rings. The molecule has 3 N–H and O–H groups in total. The number of nitrogens with one attached hydrogen (secondary N) is 1. The minimum atomic E-state index is 0.835. The summed E-state index contributed by atoms with van der Waals surface area (Å²) >= 11 is 0. The van der Waals surface area contributed by atoms with Gasteiger partial charge < -0.3 is 11.1 Å². The summed E-state index contributed by atoms with van der Waals surface area (Å²) in [5.41, 5.74) is 9.11. The van der Waals surface area contributed by atoms with Gasteiger partial charge in [0.15, 0.2) is 0 Å². The van der Waals surface area contributed by atoms with Crippen LogP contribution >= 0.6 is 0 Å². The lowest BCUT2D eigenvalue weighted by atomic mass is 9.82. The molecule has 0 radical (unpaired) electrons. The van der Waals surface area contributed by atoms with E-state index in [9.17, 15) is 0 Å². The maximum Gasteiger partial charge on any atom is 0.0364 e. The van der Waals surface area contributed by atoms with Crippen LogP contribution in [0.2, 0.25) is 0 Å². The van der Waals surface area contributed by atoms with Crippen LogP contribution in [0.15, 0.2) is 18.2 Å². The van der Waals surface area contributed by atoms with Gasteiger partial charge in [0.2, 0.25) is 0 Å². The quantitative estimate of drug-likeness (QED) is 0.778. The maximum atomic E-state index is 5.91. The molecule has 0 spiro atoms. The largest absolute Gasteiger partial charge is 0.398 e. The number of anilines is 2. The fraction of sp³-hybridized carbons (Fsp3) is 0.600. The molecular formula is C15H24N2. The molecule has 1 saturated carbocycles. The molecule has 1 aliphatic rings. The average molecular weight is 232 g/mol. The van der Waals surface area contributed by atoms with Gasteiger partial charge in [-0.15, -0.1) is 0 Å². The highest BCUT2D eigenvalue weighted by Gasteiger charge is 2.18. The topological polar surface area (TPSA) is 38.0 Å². The van der Waals surface area contributed by atoms with Crippen LogP contribution in [0.3, 0.4) is 0 Å². The van der Waals surface area contributed by atoms with Crippen LogP contribution in [0, 0.1) is 18.8 Å². The van der Waals surface area contributed by atoms with Crippen molar-refractivity contribution >= 4 is 11.4 Å². The van der Waals surface area contributed by atoms with Gasteiger partial charge in [0.1, 0.15) is 0 Å². The first-order valence-corrected chi connectivity index (χ1v) is 6.75. The van der Waals surface area contributed by atoms with Crippen LogP contribution in [0.1, 0.15) is 38.2 Å². The molecule has 1 aromatic carbocycles. The second-order valence-electron chi connectivity index (χ2n) is 5.59. The third-order valence-corrected chi connectivity index (χ3v) is 3.92. The zero-order valence-corrected chi connectivity index (χ0v) is 11.0. The number of hydrogen-bond donors (Lipinski definition) is 2. The Hall–Kier alpha value is -1.18. The molecule has 2 unspecified atom stereocenters. The monoisotopic (exact) mass is 232 g/mol. The lowest BCUT2D eigenvalue weighted by molar-refractivity contribution is 0.293. The summed E-state index contributed by atoms with van der Waals surface area (Å²) < 4.78 is 0. The number of rotatable bonds is 3. The number of nitrogen functional groups attached to an aromatic ring is 1. The maximum absolute atomic E-state index is 5.91. The number of hydrogen-bond acceptors (Lipinski definition) is 2. The van der Waals surface area contributed by atoms with E-state index in [-0.39, 0.29) is 0 Å². The highest BCUT2D eigenvalue weighted by atomic mass is 14.9. The van der Waals surface area contributed by atoms with Crippen LogP contribution in [-0.4, -0.2) is 6.54 Å². The van der Waals surface area contributed by atoms with Crippen molar-refractivity contribution in [1.29, 1.82) is 0 Å². The molecule has 0 heterocycles. The minimum absolute atomic E-state index is 0.835. The Morgan fingerprint density at radius 3 is 2.88 bits per heavy atom. The third-order valence-electron chi connectivity index (χ3n) is 3.92. The van der Waals surface area contributed by atoms with E-state index in [0.29, 0.717) is 0 Å². The molecule has 0 saturated heterocycles. The second-order valence-corrected chi connectivity index (χ2v) is 5.59. The van der Waals surface area contributed by atoms with E-state index in [1.807, 2.05) is 13.0 Å². The van der Waals surface area contributed by atoms with Crippen LogP contribution < -0.4 is 11.1 Å². The lowest BCUT2D eigenvalue weighted by Crippen LogP contribution is -2.21. The van der Waals surface area contributed by atoms with Crippen molar-refractivity contribution in [2.75, 3.05) is 17.6 Å². The van der Waals surface area contributed by atoms with Crippen LogP contribution in [0.5, 0.6) is 0 Å². The van der Waals surface area contributed by atoms with E-state index in [1.54, 1.807) is 0 Å². The van der Waals surface area contributed by atoms with Crippen molar-refractivity contribution in [3.8, 4) is 0 Å². The average Bonchev–Trinajstić information content (AvgIpc) is 2.31. The van der Waals surface area contributed by atoms with Crippen LogP contribution in [-0.2, 0) is 0 Å². The van der Waals surface area contributed by atoms with E-state index >= 15 is 0 Å². The summed E-state index contributed by atoms with van der Waals surface area (Å²) in [4.78, 5) is 0. The molecule has 2 nitrogen and oxygen atoms in total. The van der Waals surface area contributed by atoms with Gasteiger partial charge in [0.05, 0.1) is 0 Å². The van der Waals surface area contributed by atoms with E-state index in [2.05, 4.69) is 24.4 Å². The molecule has 0 aromatic heterocycles. The van der Waals surface area contributed by atoms with Crippen molar-refractivity contribution in [3.05, 3.63) is 23.8 Å². The van der Waals surface area contributed by atoms with Gasteiger partial charge in [0.25, 0.3) is 0 Å². The Morgan fingerprint density at radius 2 is 2.18 bits per heavy atom. The molecular weight excluding hydrogens is 208 g/mol. The Labute approximate surface area is 105 Å². The van der Waals surface area contributed by atoms with Gasteiger partial charge in [-0.05, 0) is 49.3 Å². The van der Waals surface area contributed by atoms with Crippen molar-refractivity contribution < 1.29 is 0 Å². The molecule has 0 bridgehead atoms. The summed E-state index contributed by atoms with van der Waals surface area (Å²) in [6.07, 6.45) is 5.55. The fourth-order valence-corrected chi connectivity index (χ4v) is 2.76. The predicted octanol–water partition coefficient (Wildman–Crippen LogP) is 3.82. The Balaban J connectivity index is 1.86. The normalized spacial score (nSPS) is 24.6. The van der Waals surface area contributed by atoms with Crippen LogP contribution in [0.25, 0.3) is 0 Å². The van der Waals surface area contributed by atoms with Gasteiger partial charge in [0, 0.05) is 17.9 Å². The van der Waals surface area contributed by atoms with Gasteiger partial charge in [-0.1, -0.05) is 25.8 Å². The van der Waals surface area contributed by atoms with E-state index in [1.165, 1.54) is 25.7 Å². The summed E-state index contributed by atoms with van der Waals surface area (Å²) in [5.74, 6) is 1.74. The van der Waals surface area contributed by atoms with Gasteiger partial charge >= 0.3 is 0 Å². The molecule has 0 amide bonds. The molecule has 94 valence electrons. The summed E-state index contributed by atoms with van der Waals surface area (Å²) in [7, 11) is 0. The fourth-order valence-electron chi connectivity index (χ4n) is 2.76. The Bertz CT molecular complexity index is 373. The molecule has 2 rings (SSSR count). The van der Waals surface area contributed by atoms with E-state index in [4.69, 9.17) is 5.73 Å². The first kappa shape index (κ1) is 12.3. The van der Waals surface area contributed by atoms with E-state index < -0.39 is 0 Å². The standard InChI is InChI=1S/C15H24N2/c1-11-4-3-5-13(8-11)10-17-14-7-6-12(2)15(16)9-14/h6-7,9,11,13,17H,3-5,8,10,16H2,1-2H3. The molecule has 2 atom stereocenters. The molecule has 0 aliphatic heterocycles. The first-order chi connectivity index (χ1) is 8.15. The molecule has 2 heteroatoms. The smallest absolute Gasteiger partial charge is 0.0364 e. The van der Waals surface area contributed by atoms with Crippen molar-refractivity contribution in [1.82, 2.24) is 0 Å². The Kier molecular flexibility index (Phi) is 3.93. The zero-order chi connectivity index (χ0) is 12.3. The number of benzene rings is 1. The first-order valence-electron chi connectivity index (χ1n) is 6.75. The lowest BCUT2D eigenvalue weighted by Gasteiger charge is -2.27. The summed E-state index contributed by atoms with van der Waals surface area (Å²) in [6.45, 7) is 5.50.